The van der Waals surface area contributed by atoms with Crippen LogP contribution in [0, 0.1) is 23.7 Å². The molecule has 5 aromatic rings. The standard InChI is InChI=1S/C19H16O5.C19H16O4.C15H12O2.H2/c1-8(20)22-16-10-5-3-4-6-11(10)17(23-9(2)21)15-13-7-12(14(15)16)18-19(13)24-18;1-10(20)22-18-14-5-3-4-6-15(14)19(23-11(2)21)17-13-8-7-12(9-13)16(17)18;16-14-10-3-1-2-4-11(10)15(17)13-9-6-5-8(7-9)12(13)14;/h3-6,12-13,18-19H,7H2,1-2H3;3-8,12-13H,9H2,1-2H3;1-6,8-9,12-13H,7H2;1H/t12-,13+,18?,19?;12-,13+;8-,9+,12-,13+;/i;;;1+1. The van der Waals surface area contributed by atoms with Gasteiger partial charge in [0.05, 0.1) is 12.2 Å². The molecule has 7 aliphatic carbocycles. The monoisotopic (exact) mass is 859 g/mol. The molecule has 0 amide bonds. The molecule has 3 fully saturated rings. The summed E-state index contributed by atoms with van der Waals surface area (Å²) < 4.78 is 28.2. The molecule has 0 spiro atoms. The van der Waals surface area contributed by atoms with E-state index >= 15 is 0 Å². The summed E-state index contributed by atoms with van der Waals surface area (Å²) in [6.45, 7) is 5.63. The van der Waals surface area contributed by atoms with Crippen LogP contribution < -0.4 is 18.9 Å². The fraction of sp³-hybridized carbons (Fsp3) is 0.321. The van der Waals surface area contributed by atoms with Gasteiger partial charge in [-0.05, 0) is 31.1 Å². The zero-order valence-electron chi connectivity index (χ0n) is 35.6. The van der Waals surface area contributed by atoms with Gasteiger partial charge in [-0.3, -0.25) is 28.8 Å². The number of allylic oxidation sites excluding steroid dienone is 4. The van der Waals surface area contributed by atoms with E-state index in [2.05, 4.69) is 24.3 Å². The molecule has 10 atom stereocenters. The Kier molecular flexibility index (Phi) is 9.36. The van der Waals surface area contributed by atoms with E-state index in [1.165, 1.54) is 27.7 Å². The number of hydrogen-bond acceptors (Lipinski definition) is 11. The molecular formula is C53H46O11. The minimum atomic E-state index is -0.348. The van der Waals surface area contributed by atoms with Crippen molar-refractivity contribution in [2.75, 3.05) is 0 Å². The number of ketones is 2. The Bertz CT molecular complexity index is 2810. The highest BCUT2D eigenvalue weighted by atomic mass is 16.6. The summed E-state index contributed by atoms with van der Waals surface area (Å²) >= 11 is 0. The van der Waals surface area contributed by atoms with Gasteiger partial charge in [0, 0.05) is 120 Å². The highest BCUT2D eigenvalue weighted by Gasteiger charge is 2.64. The molecule has 0 N–H and O–H groups in total. The average Bonchev–Trinajstić information content (AvgIpc) is 3.91. The average molecular weight is 860 g/mol. The summed E-state index contributed by atoms with van der Waals surface area (Å²) in [7, 11) is 0. The second-order valence-corrected chi connectivity index (χ2v) is 18.1. The maximum Gasteiger partial charge on any atom is 0.308 e. The first kappa shape index (κ1) is 40.1. The fourth-order valence-corrected chi connectivity index (χ4v) is 12.1. The lowest BCUT2D eigenvalue weighted by Gasteiger charge is -2.31. The summed E-state index contributed by atoms with van der Waals surface area (Å²) in [6, 6.07) is 22.4. The zero-order chi connectivity index (χ0) is 44.3. The van der Waals surface area contributed by atoms with Crippen LogP contribution in [0.5, 0.6) is 23.0 Å². The number of fused-ring (bicyclic) bond motifs is 21. The second-order valence-electron chi connectivity index (χ2n) is 18.1. The van der Waals surface area contributed by atoms with Gasteiger partial charge in [-0.25, -0.2) is 0 Å². The Morgan fingerprint density at radius 2 is 0.812 bits per heavy atom. The topological polar surface area (TPSA) is 152 Å². The molecule has 64 heavy (non-hydrogen) atoms. The number of esters is 4. The summed E-state index contributed by atoms with van der Waals surface area (Å²) in [5, 5.41) is 3.21. The predicted octanol–water partition coefficient (Wildman–Crippen LogP) is 9.62. The van der Waals surface area contributed by atoms with E-state index in [-0.39, 0.29) is 84.6 Å². The van der Waals surface area contributed by atoms with Crippen LogP contribution >= 0.6 is 0 Å². The molecule has 0 radical (unpaired) electrons. The normalized spacial score (nSPS) is 27.9. The van der Waals surface area contributed by atoms with Crippen LogP contribution in [0.1, 0.15) is 115 Å². The third-order valence-electron chi connectivity index (χ3n) is 14.3. The van der Waals surface area contributed by atoms with Crippen molar-refractivity contribution in [3.05, 3.63) is 130 Å². The SMILES string of the molecule is CC(=O)Oc1c2c(c(OC(C)=O)c3ccccc13)[C@@H]1C[C@H]2C2OC21.CC(=O)Oc1c2c(c(OC(C)=O)c3ccccc13)[C@H]1C=C[C@@H]2C1.O=C1c2ccccc2C(=O)[C@H]2[C@@H]1[C@H]1C=C[C@@H]2C1.[2HH]. The minimum absolute atomic E-state index is 0. The van der Waals surface area contributed by atoms with Gasteiger partial charge in [0.25, 0.3) is 0 Å². The number of ether oxygens (including phenoxy) is 5. The molecule has 11 heteroatoms. The number of Topliss-reactive ketones (excluding diaryl/α,β-unsaturated/α-hetero) is 2. The first-order valence-electron chi connectivity index (χ1n) is 22.0. The van der Waals surface area contributed by atoms with Crippen LogP contribution in [0.2, 0.25) is 0 Å². The van der Waals surface area contributed by atoms with E-state index in [1.807, 2.05) is 60.7 Å². The first-order chi connectivity index (χ1) is 30.9. The molecule has 1 saturated heterocycles. The Balaban J connectivity index is 0.000000116. The van der Waals surface area contributed by atoms with E-state index in [4.69, 9.17) is 23.7 Å². The smallest absolute Gasteiger partial charge is 0.308 e. The summed E-state index contributed by atoms with van der Waals surface area (Å²) in [5.41, 5.74) is 5.23. The van der Waals surface area contributed by atoms with Crippen molar-refractivity contribution in [1.82, 2.24) is 0 Å². The molecular weight excluding hydrogens is 813 g/mol. The van der Waals surface area contributed by atoms with Crippen molar-refractivity contribution in [2.45, 2.75) is 82.8 Å². The lowest BCUT2D eigenvalue weighted by atomic mass is 9.69. The van der Waals surface area contributed by atoms with Gasteiger partial charge in [0.2, 0.25) is 0 Å². The number of hydrogen-bond donors (Lipinski definition) is 0. The van der Waals surface area contributed by atoms with Crippen LogP contribution in [0.15, 0.2) is 97.1 Å². The zero-order valence-corrected chi connectivity index (χ0v) is 35.6. The minimum Gasteiger partial charge on any atom is -0.426 e. The molecule has 6 bridgehead atoms. The van der Waals surface area contributed by atoms with Gasteiger partial charge in [0.1, 0.15) is 23.0 Å². The molecule has 2 unspecified atom stereocenters. The highest BCUT2D eigenvalue weighted by molar-refractivity contribution is 6.17. The van der Waals surface area contributed by atoms with E-state index < -0.39 is 0 Å². The van der Waals surface area contributed by atoms with Crippen molar-refractivity contribution in [1.29, 1.82) is 0 Å². The van der Waals surface area contributed by atoms with Crippen LogP contribution in [-0.4, -0.2) is 47.7 Å². The molecule has 2 saturated carbocycles. The Morgan fingerprint density at radius 1 is 0.469 bits per heavy atom. The Morgan fingerprint density at radius 3 is 1.17 bits per heavy atom. The molecule has 324 valence electrons. The molecule has 8 aliphatic rings. The van der Waals surface area contributed by atoms with Crippen molar-refractivity contribution in [3.63, 3.8) is 0 Å². The lowest BCUT2D eigenvalue weighted by molar-refractivity contribution is -0.133. The summed E-state index contributed by atoms with van der Waals surface area (Å²) in [5.74, 6) is 2.69. The Labute approximate surface area is 369 Å². The van der Waals surface area contributed by atoms with Crippen LogP contribution in [0.4, 0.5) is 0 Å². The van der Waals surface area contributed by atoms with E-state index in [9.17, 15) is 28.8 Å². The largest absolute Gasteiger partial charge is 0.426 e. The summed E-state index contributed by atoms with van der Waals surface area (Å²) in [6.07, 6.45) is 11.9. The van der Waals surface area contributed by atoms with Gasteiger partial charge in [-0.1, -0.05) is 97.1 Å². The maximum atomic E-state index is 12.4. The van der Waals surface area contributed by atoms with Crippen LogP contribution in [0.3, 0.4) is 0 Å². The molecule has 11 nitrogen and oxygen atoms in total. The second kappa shape index (κ2) is 14.9. The molecule has 5 aromatic carbocycles. The van der Waals surface area contributed by atoms with Crippen molar-refractivity contribution >= 4 is 57.0 Å². The van der Waals surface area contributed by atoms with Crippen LogP contribution in [0.25, 0.3) is 21.5 Å². The first-order valence-corrected chi connectivity index (χ1v) is 22.0. The number of benzene rings is 5. The predicted molar refractivity (Wildman–Crippen MR) is 236 cm³/mol. The van der Waals surface area contributed by atoms with E-state index in [0.29, 0.717) is 46.0 Å². The molecule has 1 aliphatic heterocycles. The van der Waals surface area contributed by atoms with Crippen molar-refractivity contribution in [2.24, 2.45) is 23.7 Å². The summed E-state index contributed by atoms with van der Waals surface area (Å²) in [4.78, 5) is 71.5. The van der Waals surface area contributed by atoms with Gasteiger partial charge >= 0.3 is 23.9 Å². The fourth-order valence-electron chi connectivity index (χ4n) is 12.1. The third kappa shape index (κ3) is 6.18. The number of epoxide rings is 1. The maximum absolute atomic E-state index is 12.4. The Hall–Kier alpha value is -6.72. The lowest BCUT2D eigenvalue weighted by Crippen LogP contribution is -2.38. The van der Waals surface area contributed by atoms with E-state index in [1.54, 1.807) is 12.1 Å². The van der Waals surface area contributed by atoms with E-state index in [0.717, 1.165) is 63.1 Å². The van der Waals surface area contributed by atoms with Crippen LogP contribution in [-0.2, 0) is 23.9 Å². The van der Waals surface area contributed by atoms with Gasteiger partial charge in [0.15, 0.2) is 11.6 Å². The van der Waals surface area contributed by atoms with Crippen molar-refractivity contribution in [3.8, 4) is 23.0 Å². The van der Waals surface area contributed by atoms with Crippen molar-refractivity contribution < 1.29 is 53.9 Å². The van der Waals surface area contributed by atoms with Gasteiger partial charge < -0.3 is 23.7 Å². The number of carbonyl (C=O) groups excluding carboxylic acids is 6. The molecule has 1 heterocycles. The quantitative estimate of drug-likeness (QED) is 0.0735. The highest BCUT2D eigenvalue weighted by Crippen LogP contribution is 2.68. The third-order valence-corrected chi connectivity index (χ3v) is 14.3. The van der Waals surface area contributed by atoms with Gasteiger partial charge in [-0.15, -0.1) is 0 Å². The van der Waals surface area contributed by atoms with Gasteiger partial charge in [-0.2, -0.15) is 0 Å². The number of carbonyl (C=O) groups is 6. The molecule has 13 rings (SSSR count). The molecule has 0 aromatic heterocycles. The number of rotatable bonds is 4.